The molecule has 144 valence electrons. The first-order valence-corrected chi connectivity index (χ1v) is 9.76. The van der Waals surface area contributed by atoms with Crippen molar-refractivity contribution in [1.82, 2.24) is 9.97 Å². The molecule has 8 nitrogen and oxygen atoms in total. The minimum atomic E-state index is -4.00. The third-order valence-corrected chi connectivity index (χ3v) is 5.19. The fraction of sp³-hybridized carbons (Fsp3) is 0.0556. The lowest BCUT2D eigenvalue weighted by Crippen LogP contribution is -2.15. The minimum Gasteiger partial charge on any atom is -0.486 e. The summed E-state index contributed by atoms with van der Waals surface area (Å²) in [6.07, 6.45) is 3.18. The standard InChI is InChI=1S/C18H14ClN3O5S/c19-12-2-7-16(15(10-12)18(23)24)22-28(25,26)14-5-3-13(4-6-14)27-11-17-20-8-1-9-21-17/h1-10,22H,11H2,(H,23,24). The topological polar surface area (TPSA) is 118 Å². The number of halogens is 1. The number of nitrogens with one attached hydrogen (secondary N) is 1. The fourth-order valence-electron chi connectivity index (χ4n) is 2.25. The Balaban J connectivity index is 1.75. The van der Waals surface area contributed by atoms with Crippen LogP contribution in [0.3, 0.4) is 0 Å². The molecule has 0 bridgehead atoms. The third-order valence-electron chi connectivity index (χ3n) is 3.58. The highest BCUT2D eigenvalue weighted by Gasteiger charge is 2.19. The molecule has 0 aliphatic rings. The Bertz CT molecular complexity index is 1090. The van der Waals surface area contributed by atoms with Crippen molar-refractivity contribution in [1.29, 1.82) is 0 Å². The Morgan fingerprint density at radius 2 is 1.79 bits per heavy atom. The molecule has 3 rings (SSSR count). The number of aromatic carboxylic acids is 1. The van der Waals surface area contributed by atoms with Crippen LogP contribution in [-0.2, 0) is 16.6 Å². The van der Waals surface area contributed by atoms with Crippen molar-refractivity contribution in [3.63, 3.8) is 0 Å². The van der Waals surface area contributed by atoms with Crippen molar-refractivity contribution < 1.29 is 23.1 Å². The van der Waals surface area contributed by atoms with Crippen LogP contribution < -0.4 is 9.46 Å². The van der Waals surface area contributed by atoms with Crippen molar-refractivity contribution in [3.8, 4) is 5.75 Å². The molecule has 0 spiro atoms. The first kappa shape index (κ1) is 19.6. The predicted molar refractivity (Wildman–Crippen MR) is 102 cm³/mol. The third kappa shape index (κ3) is 4.76. The largest absolute Gasteiger partial charge is 0.486 e. The van der Waals surface area contributed by atoms with Crippen molar-refractivity contribution >= 4 is 33.3 Å². The van der Waals surface area contributed by atoms with Crippen LogP contribution in [-0.4, -0.2) is 29.5 Å². The number of benzene rings is 2. The molecular weight excluding hydrogens is 406 g/mol. The summed E-state index contributed by atoms with van der Waals surface area (Å²) in [4.78, 5) is 19.3. The van der Waals surface area contributed by atoms with Crippen molar-refractivity contribution in [3.05, 3.63) is 77.3 Å². The number of hydrogen-bond acceptors (Lipinski definition) is 6. The van der Waals surface area contributed by atoms with Gasteiger partial charge in [0.2, 0.25) is 0 Å². The molecule has 0 aliphatic heterocycles. The number of nitrogens with zero attached hydrogens (tertiary/aromatic N) is 2. The minimum absolute atomic E-state index is 0.0536. The second kappa shape index (κ2) is 8.24. The summed E-state index contributed by atoms with van der Waals surface area (Å²) in [6, 6.07) is 11.2. The summed E-state index contributed by atoms with van der Waals surface area (Å²) in [7, 11) is -4.00. The fourth-order valence-corrected chi connectivity index (χ4v) is 3.51. The number of hydrogen-bond donors (Lipinski definition) is 2. The van der Waals surface area contributed by atoms with Gasteiger partial charge in [0, 0.05) is 17.4 Å². The smallest absolute Gasteiger partial charge is 0.337 e. The van der Waals surface area contributed by atoms with E-state index in [2.05, 4.69) is 14.7 Å². The average Bonchev–Trinajstić information content (AvgIpc) is 2.68. The second-order valence-electron chi connectivity index (χ2n) is 5.53. The summed E-state index contributed by atoms with van der Waals surface area (Å²) in [5, 5.41) is 9.41. The number of carboxylic acids is 1. The number of carbonyl (C=O) groups is 1. The van der Waals surface area contributed by atoms with Crippen LogP contribution in [0.4, 0.5) is 5.69 Å². The Labute approximate surface area is 165 Å². The molecule has 0 saturated carbocycles. The predicted octanol–water partition coefficient (Wildman–Crippen LogP) is 3.21. The maximum atomic E-state index is 12.6. The average molecular weight is 420 g/mol. The van der Waals surface area contributed by atoms with E-state index in [0.29, 0.717) is 11.6 Å². The molecule has 10 heteroatoms. The van der Waals surface area contributed by atoms with E-state index in [9.17, 15) is 18.3 Å². The van der Waals surface area contributed by atoms with E-state index in [1.54, 1.807) is 18.5 Å². The van der Waals surface area contributed by atoms with Gasteiger partial charge in [-0.3, -0.25) is 4.72 Å². The Hall–Kier alpha value is -3.17. The molecule has 2 N–H and O–H groups in total. The summed E-state index contributed by atoms with van der Waals surface area (Å²) >= 11 is 5.78. The summed E-state index contributed by atoms with van der Waals surface area (Å²) in [5.74, 6) is -0.374. The van der Waals surface area contributed by atoms with Gasteiger partial charge in [0.1, 0.15) is 12.4 Å². The molecule has 28 heavy (non-hydrogen) atoms. The summed E-state index contributed by atoms with van der Waals surface area (Å²) in [6.45, 7) is 0.137. The molecule has 1 heterocycles. The highest BCUT2D eigenvalue weighted by Crippen LogP contribution is 2.24. The van der Waals surface area contributed by atoms with Crippen LogP contribution in [0, 0.1) is 0 Å². The second-order valence-corrected chi connectivity index (χ2v) is 7.64. The Morgan fingerprint density at radius 1 is 1.11 bits per heavy atom. The number of rotatable bonds is 7. The zero-order valence-electron chi connectivity index (χ0n) is 14.2. The monoisotopic (exact) mass is 419 g/mol. The Morgan fingerprint density at radius 3 is 2.43 bits per heavy atom. The van der Waals surface area contributed by atoms with Crippen molar-refractivity contribution in [2.45, 2.75) is 11.5 Å². The lowest BCUT2D eigenvalue weighted by Gasteiger charge is -2.11. The molecule has 0 fully saturated rings. The number of sulfonamides is 1. The molecule has 2 aromatic carbocycles. The SMILES string of the molecule is O=C(O)c1cc(Cl)ccc1NS(=O)(=O)c1ccc(OCc2ncccn2)cc1. The van der Waals surface area contributed by atoms with Crippen LogP contribution in [0.5, 0.6) is 5.75 Å². The molecule has 3 aromatic rings. The van der Waals surface area contributed by atoms with Crippen molar-refractivity contribution in [2.24, 2.45) is 0 Å². The molecule has 0 unspecified atom stereocenters. The van der Waals surface area contributed by atoms with E-state index in [0.717, 1.165) is 0 Å². The first-order chi connectivity index (χ1) is 13.3. The quantitative estimate of drug-likeness (QED) is 0.603. The summed E-state index contributed by atoms with van der Waals surface area (Å²) in [5.41, 5.74) is -0.336. The summed E-state index contributed by atoms with van der Waals surface area (Å²) < 4.78 is 32.9. The lowest BCUT2D eigenvalue weighted by molar-refractivity contribution is 0.0698. The lowest BCUT2D eigenvalue weighted by atomic mass is 10.2. The van der Waals surface area contributed by atoms with E-state index >= 15 is 0 Å². The first-order valence-electron chi connectivity index (χ1n) is 7.89. The van der Waals surface area contributed by atoms with Gasteiger partial charge in [0.15, 0.2) is 5.82 Å². The number of carboxylic acid groups (broad SMARTS) is 1. The van der Waals surface area contributed by atoms with E-state index in [1.165, 1.54) is 42.5 Å². The van der Waals surface area contributed by atoms with Crippen molar-refractivity contribution in [2.75, 3.05) is 4.72 Å². The number of anilines is 1. The van der Waals surface area contributed by atoms with Gasteiger partial charge in [-0.1, -0.05) is 11.6 Å². The molecule has 0 atom stereocenters. The van der Waals surface area contributed by atoms with Gasteiger partial charge in [-0.15, -0.1) is 0 Å². The molecule has 0 aliphatic carbocycles. The molecular formula is C18H14ClN3O5S. The molecule has 0 radical (unpaired) electrons. The normalized spacial score (nSPS) is 11.0. The highest BCUT2D eigenvalue weighted by molar-refractivity contribution is 7.92. The molecule has 1 aromatic heterocycles. The highest BCUT2D eigenvalue weighted by atomic mass is 35.5. The van der Waals surface area contributed by atoms with E-state index in [1.807, 2.05) is 0 Å². The van der Waals surface area contributed by atoms with Gasteiger partial charge in [-0.05, 0) is 48.5 Å². The number of ether oxygens (including phenoxy) is 1. The van der Waals surface area contributed by atoms with E-state index in [4.69, 9.17) is 16.3 Å². The Kier molecular flexibility index (Phi) is 5.76. The van der Waals surface area contributed by atoms with Gasteiger partial charge in [-0.25, -0.2) is 23.2 Å². The molecule has 0 amide bonds. The van der Waals surface area contributed by atoms with Gasteiger partial charge in [0.05, 0.1) is 16.1 Å². The number of aromatic nitrogens is 2. The van der Waals surface area contributed by atoms with Crippen LogP contribution in [0.2, 0.25) is 5.02 Å². The van der Waals surface area contributed by atoms with Crippen LogP contribution in [0.25, 0.3) is 0 Å². The van der Waals surface area contributed by atoms with Crippen LogP contribution in [0.1, 0.15) is 16.2 Å². The maximum Gasteiger partial charge on any atom is 0.337 e. The zero-order chi connectivity index (χ0) is 20.1. The molecule has 0 saturated heterocycles. The van der Waals surface area contributed by atoms with Gasteiger partial charge in [0.25, 0.3) is 10.0 Å². The zero-order valence-corrected chi connectivity index (χ0v) is 15.8. The van der Waals surface area contributed by atoms with Crippen LogP contribution in [0.15, 0.2) is 65.8 Å². The maximum absolute atomic E-state index is 12.6. The van der Waals surface area contributed by atoms with Crippen LogP contribution >= 0.6 is 11.6 Å². The van der Waals surface area contributed by atoms with E-state index in [-0.39, 0.29) is 27.8 Å². The van der Waals surface area contributed by atoms with Gasteiger partial charge >= 0.3 is 5.97 Å². The van der Waals surface area contributed by atoms with Gasteiger partial charge < -0.3 is 9.84 Å². The van der Waals surface area contributed by atoms with Gasteiger partial charge in [-0.2, -0.15) is 0 Å². The van der Waals surface area contributed by atoms with E-state index < -0.39 is 16.0 Å².